The first-order valence-corrected chi connectivity index (χ1v) is 7.34. The molecule has 0 saturated carbocycles. The second-order valence-electron chi connectivity index (χ2n) is 4.70. The fourth-order valence-corrected chi connectivity index (χ4v) is 2.26. The molecule has 0 aliphatic heterocycles. The number of carbonyl (C=O) groups is 2. The number of carbonyl (C=O) groups excluding carboxylic acids is 2. The van der Waals surface area contributed by atoms with Crippen molar-refractivity contribution in [2.75, 3.05) is 5.32 Å². The highest BCUT2D eigenvalue weighted by atomic mass is 35.5. The molecule has 7 heteroatoms. The normalized spacial score (nSPS) is 11.7. The van der Waals surface area contributed by atoms with Gasteiger partial charge in [0.1, 0.15) is 5.82 Å². The van der Waals surface area contributed by atoms with Gasteiger partial charge in [-0.2, -0.15) is 0 Å². The molecule has 0 radical (unpaired) electrons. The molecule has 0 aliphatic carbocycles. The molecule has 1 unspecified atom stereocenters. The van der Waals surface area contributed by atoms with Gasteiger partial charge in [0, 0.05) is 15.7 Å². The summed E-state index contributed by atoms with van der Waals surface area (Å²) in [6.07, 6.45) is -1.05. The van der Waals surface area contributed by atoms with Crippen molar-refractivity contribution >= 4 is 40.8 Å². The summed E-state index contributed by atoms with van der Waals surface area (Å²) in [5.74, 6) is -1.69. The Bertz CT molecular complexity index is 714. The molecule has 1 amide bonds. The second kappa shape index (κ2) is 7.44. The van der Waals surface area contributed by atoms with Crippen molar-refractivity contribution < 1.29 is 18.7 Å². The maximum absolute atomic E-state index is 12.8. The molecular formula is C16H12Cl2FNO3. The van der Waals surface area contributed by atoms with E-state index in [-0.39, 0.29) is 15.6 Å². The molecule has 0 aromatic heterocycles. The zero-order valence-corrected chi connectivity index (χ0v) is 13.5. The minimum Gasteiger partial charge on any atom is -0.449 e. The lowest BCUT2D eigenvalue weighted by Gasteiger charge is -2.13. The van der Waals surface area contributed by atoms with Crippen LogP contribution in [0.3, 0.4) is 0 Å². The first kappa shape index (κ1) is 17.2. The summed E-state index contributed by atoms with van der Waals surface area (Å²) in [6, 6.07) is 9.48. The van der Waals surface area contributed by atoms with Gasteiger partial charge in [-0.25, -0.2) is 9.18 Å². The van der Waals surface area contributed by atoms with Crippen LogP contribution in [0.25, 0.3) is 0 Å². The van der Waals surface area contributed by atoms with Crippen LogP contribution in [0.15, 0.2) is 42.5 Å². The Hall–Kier alpha value is -2.11. The summed E-state index contributed by atoms with van der Waals surface area (Å²) in [6.45, 7) is 1.42. The molecule has 2 aromatic rings. The number of amides is 1. The van der Waals surface area contributed by atoms with Crippen LogP contribution >= 0.6 is 23.2 Å². The Labute approximate surface area is 142 Å². The number of ether oxygens (including phenoxy) is 1. The Morgan fingerprint density at radius 3 is 2.22 bits per heavy atom. The van der Waals surface area contributed by atoms with Crippen molar-refractivity contribution in [1.29, 1.82) is 0 Å². The van der Waals surface area contributed by atoms with Crippen LogP contribution in [-0.4, -0.2) is 18.0 Å². The molecule has 2 aromatic carbocycles. The molecule has 1 atom stereocenters. The molecule has 0 heterocycles. The maximum atomic E-state index is 12.8. The van der Waals surface area contributed by atoms with Crippen LogP contribution in [-0.2, 0) is 9.53 Å². The van der Waals surface area contributed by atoms with Crippen molar-refractivity contribution in [2.24, 2.45) is 0 Å². The van der Waals surface area contributed by atoms with Crippen LogP contribution in [0.2, 0.25) is 10.0 Å². The number of halogens is 3. The molecular weight excluding hydrogens is 344 g/mol. The lowest BCUT2D eigenvalue weighted by molar-refractivity contribution is -0.123. The van der Waals surface area contributed by atoms with Gasteiger partial charge in [-0.1, -0.05) is 23.2 Å². The average Bonchev–Trinajstić information content (AvgIpc) is 2.48. The third-order valence-corrected chi connectivity index (χ3v) is 3.30. The third-order valence-electron chi connectivity index (χ3n) is 2.86. The lowest BCUT2D eigenvalue weighted by atomic mass is 10.2. The van der Waals surface area contributed by atoms with Gasteiger partial charge < -0.3 is 10.1 Å². The number of rotatable bonds is 4. The number of benzene rings is 2. The predicted molar refractivity (Wildman–Crippen MR) is 86.4 cm³/mol. The highest BCUT2D eigenvalue weighted by molar-refractivity contribution is 6.35. The van der Waals surface area contributed by atoms with Crippen molar-refractivity contribution in [3.8, 4) is 0 Å². The van der Waals surface area contributed by atoms with E-state index < -0.39 is 23.8 Å². The maximum Gasteiger partial charge on any atom is 0.339 e. The number of hydrogen-bond donors (Lipinski definition) is 1. The Morgan fingerprint density at radius 2 is 1.65 bits per heavy atom. The summed E-state index contributed by atoms with van der Waals surface area (Å²) in [5.41, 5.74) is 0.536. The number of hydrogen-bond acceptors (Lipinski definition) is 3. The van der Waals surface area contributed by atoms with Crippen LogP contribution in [0.5, 0.6) is 0 Å². The van der Waals surface area contributed by atoms with Gasteiger partial charge in [0.25, 0.3) is 5.91 Å². The van der Waals surface area contributed by atoms with Crippen LogP contribution in [0, 0.1) is 5.82 Å². The van der Waals surface area contributed by atoms with Crippen molar-refractivity contribution in [3.05, 3.63) is 63.9 Å². The largest absolute Gasteiger partial charge is 0.449 e. The van der Waals surface area contributed by atoms with Gasteiger partial charge in [-0.05, 0) is 49.4 Å². The summed E-state index contributed by atoms with van der Waals surface area (Å²) in [4.78, 5) is 24.0. The molecule has 0 spiro atoms. The van der Waals surface area contributed by atoms with Gasteiger partial charge in [0.2, 0.25) is 0 Å². The van der Waals surface area contributed by atoms with E-state index in [1.807, 2.05) is 0 Å². The van der Waals surface area contributed by atoms with Gasteiger partial charge in [-0.15, -0.1) is 0 Å². The van der Waals surface area contributed by atoms with E-state index in [4.69, 9.17) is 27.9 Å². The zero-order chi connectivity index (χ0) is 17.0. The lowest BCUT2D eigenvalue weighted by Crippen LogP contribution is -2.30. The summed E-state index contributed by atoms with van der Waals surface area (Å²) >= 11 is 11.6. The van der Waals surface area contributed by atoms with E-state index in [0.717, 1.165) is 0 Å². The molecule has 120 valence electrons. The van der Waals surface area contributed by atoms with Gasteiger partial charge in [0.15, 0.2) is 6.10 Å². The first-order chi connectivity index (χ1) is 10.8. The average molecular weight is 356 g/mol. The zero-order valence-electron chi connectivity index (χ0n) is 12.0. The molecule has 0 aliphatic rings. The summed E-state index contributed by atoms with van der Waals surface area (Å²) < 4.78 is 17.9. The van der Waals surface area contributed by atoms with Gasteiger partial charge in [0.05, 0.1) is 5.56 Å². The minimum absolute atomic E-state index is 0.143. The van der Waals surface area contributed by atoms with E-state index in [1.165, 1.54) is 49.4 Å². The van der Waals surface area contributed by atoms with Crippen molar-refractivity contribution in [1.82, 2.24) is 0 Å². The number of esters is 1. The quantitative estimate of drug-likeness (QED) is 0.831. The third kappa shape index (κ3) is 4.94. The standard InChI is InChI=1S/C16H12Cl2FNO3/c1-9(15(21)20-14-4-2-13(19)3-5-14)23-16(22)10-6-11(17)8-12(18)7-10/h2-9H,1H3,(H,20,21). The monoisotopic (exact) mass is 355 g/mol. The van der Waals surface area contributed by atoms with E-state index in [1.54, 1.807) is 0 Å². The fraction of sp³-hybridized carbons (Fsp3) is 0.125. The predicted octanol–water partition coefficient (Wildman–Crippen LogP) is 4.32. The minimum atomic E-state index is -1.05. The highest BCUT2D eigenvalue weighted by Crippen LogP contribution is 2.20. The smallest absolute Gasteiger partial charge is 0.339 e. The Morgan fingerprint density at radius 1 is 1.09 bits per heavy atom. The number of anilines is 1. The molecule has 4 nitrogen and oxygen atoms in total. The fourth-order valence-electron chi connectivity index (χ4n) is 1.73. The van der Waals surface area contributed by atoms with Gasteiger partial charge in [-0.3, -0.25) is 4.79 Å². The SMILES string of the molecule is CC(OC(=O)c1cc(Cl)cc(Cl)c1)C(=O)Nc1ccc(F)cc1. The first-order valence-electron chi connectivity index (χ1n) is 6.58. The second-order valence-corrected chi connectivity index (χ2v) is 5.57. The Balaban J connectivity index is 1.99. The van der Waals surface area contributed by atoms with E-state index >= 15 is 0 Å². The molecule has 23 heavy (non-hydrogen) atoms. The molecule has 0 bridgehead atoms. The Kier molecular flexibility index (Phi) is 5.58. The summed E-state index contributed by atoms with van der Waals surface area (Å²) in [7, 11) is 0. The highest BCUT2D eigenvalue weighted by Gasteiger charge is 2.19. The van der Waals surface area contributed by atoms with E-state index in [9.17, 15) is 14.0 Å². The van der Waals surface area contributed by atoms with Crippen molar-refractivity contribution in [3.63, 3.8) is 0 Å². The van der Waals surface area contributed by atoms with E-state index in [2.05, 4.69) is 5.32 Å². The van der Waals surface area contributed by atoms with Gasteiger partial charge >= 0.3 is 5.97 Å². The molecule has 0 fully saturated rings. The molecule has 1 N–H and O–H groups in total. The van der Waals surface area contributed by atoms with Crippen LogP contribution < -0.4 is 5.32 Å². The topological polar surface area (TPSA) is 55.4 Å². The molecule has 0 saturated heterocycles. The van der Waals surface area contributed by atoms with Crippen molar-refractivity contribution in [2.45, 2.75) is 13.0 Å². The van der Waals surface area contributed by atoms with Crippen LogP contribution in [0.1, 0.15) is 17.3 Å². The summed E-state index contributed by atoms with van der Waals surface area (Å²) in [5, 5.41) is 3.08. The number of nitrogens with one attached hydrogen (secondary N) is 1. The van der Waals surface area contributed by atoms with Crippen LogP contribution in [0.4, 0.5) is 10.1 Å². The molecule has 2 rings (SSSR count). The van der Waals surface area contributed by atoms with E-state index in [0.29, 0.717) is 5.69 Å².